The highest BCUT2D eigenvalue weighted by atomic mass is 35.5. The first kappa shape index (κ1) is 14.0. The zero-order chi connectivity index (χ0) is 13.8. The third-order valence-electron chi connectivity index (χ3n) is 2.75. The summed E-state index contributed by atoms with van der Waals surface area (Å²) in [5.41, 5.74) is 1.67. The summed E-state index contributed by atoms with van der Waals surface area (Å²) in [6, 6.07) is 5.12. The van der Waals surface area contributed by atoms with Crippen LogP contribution >= 0.6 is 11.6 Å². The van der Waals surface area contributed by atoms with E-state index in [4.69, 9.17) is 11.6 Å². The lowest BCUT2D eigenvalue weighted by atomic mass is 10.2. The van der Waals surface area contributed by atoms with Gasteiger partial charge in [-0.15, -0.1) is 0 Å². The van der Waals surface area contributed by atoms with Gasteiger partial charge in [0.2, 0.25) is 0 Å². The Kier molecular flexibility index (Phi) is 4.56. The summed E-state index contributed by atoms with van der Waals surface area (Å²) < 4.78 is 15.4. The largest absolute Gasteiger partial charge is 0.310 e. The normalized spacial score (nSPS) is 11.2. The molecule has 0 spiro atoms. The topological polar surface area (TPSA) is 29.9 Å². The van der Waals surface area contributed by atoms with Crippen LogP contribution < -0.4 is 5.32 Å². The maximum Gasteiger partial charge on any atom is 0.129 e. The van der Waals surface area contributed by atoms with Crippen LogP contribution in [0, 0.1) is 5.82 Å². The van der Waals surface area contributed by atoms with Gasteiger partial charge in [-0.25, -0.2) is 4.39 Å². The molecule has 1 heterocycles. The van der Waals surface area contributed by atoms with Crippen LogP contribution in [0.4, 0.5) is 4.39 Å². The van der Waals surface area contributed by atoms with Crippen molar-refractivity contribution < 1.29 is 4.39 Å². The van der Waals surface area contributed by atoms with Crippen molar-refractivity contribution in [2.24, 2.45) is 0 Å². The Morgan fingerprint density at radius 1 is 1.42 bits per heavy atom. The van der Waals surface area contributed by atoms with E-state index in [1.807, 2.05) is 6.20 Å². The molecule has 1 aromatic heterocycles. The Balaban J connectivity index is 2.03. The van der Waals surface area contributed by atoms with E-state index >= 15 is 0 Å². The predicted molar refractivity (Wildman–Crippen MR) is 74.7 cm³/mol. The Labute approximate surface area is 117 Å². The SMILES string of the molecule is CC(C)NCc1cnn(Cc2ccc(Cl)cc2F)c1. The van der Waals surface area contributed by atoms with Gasteiger partial charge in [-0.1, -0.05) is 31.5 Å². The van der Waals surface area contributed by atoms with Gasteiger partial charge in [0.15, 0.2) is 0 Å². The molecule has 1 N–H and O–H groups in total. The average Bonchev–Trinajstić information content (AvgIpc) is 2.78. The van der Waals surface area contributed by atoms with Crippen LogP contribution in [-0.4, -0.2) is 15.8 Å². The van der Waals surface area contributed by atoms with Crippen molar-refractivity contribution in [2.75, 3.05) is 0 Å². The maximum atomic E-state index is 13.7. The molecule has 0 aliphatic carbocycles. The summed E-state index contributed by atoms with van der Waals surface area (Å²) in [4.78, 5) is 0. The lowest BCUT2D eigenvalue weighted by Crippen LogP contribution is -2.21. The molecule has 102 valence electrons. The first-order valence-corrected chi connectivity index (χ1v) is 6.61. The number of hydrogen-bond donors (Lipinski definition) is 1. The third-order valence-corrected chi connectivity index (χ3v) is 2.98. The molecule has 19 heavy (non-hydrogen) atoms. The maximum absolute atomic E-state index is 13.7. The van der Waals surface area contributed by atoms with Crippen LogP contribution in [0.5, 0.6) is 0 Å². The molecule has 0 fully saturated rings. The van der Waals surface area contributed by atoms with Gasteiger partial charge >= 0.3 is 0 Å². The van der Waals surface area contributed by atoms with E-state index in [0.717, 1.165) is 12.1 Å². The van der Waals surface area contributed by atoms with Gasteiger partial charge < -0.3 is 5.32 Å². The van der Waals surface area contributed by atoms with E-state index in [1.54, 1.807) is 23.0 Å². The quantitative estimate of drug-likeness (QED) is 0.912. The fourth-order valence-corrected chi connectivity index (χ4v) is 1.89. The molecule has 1 aromatic carbocycles. The monoisotopic (exact) mass is 281 g/mol. The summed E-state index contributed by atoms with van der Waals surface area (Å²) in [6.07, 6.45) is 3.71. The van der Waals surface area contributed by atoms with E-state index in [1.165, 1.54) is 6.07 Å². The summed E-state index contributed by atoms with van der Waals surface area (Å²) >= 11 is 5.72. The molecule has 2 aromatic rings. The van der Waals surface area contributed by atoms with E-state index in [9.17, 15) is 4.39 Å². The van der Waals surface area contributed by atoms with Crippen LogP contribution in [0.15, 0.2) is 30.6 Å². The molecular formula is C14H17ClFN3. The number of benzene rings is 1. The molecule has 2 rings (SSSR count). The highest BCUT2D eigenvalue weighted by Crippen LogP contribution is 2.15. The third kappa shape index (κ3) is 4.04. The second-order valence-electron chi connectivity index (χ2n) is 4.82. The fourth-order valence-electron chi connectivity index (χ4n) is 1.73. The molecule has 0 saturated heterocycles. The minimum atomic E-state index is -0.301. The summed E-state index contributed by atoms with van der Waals surface area (Å²) in [7, 11) is 0. The van der Waals surface area contributed by atoms with Crippen molar-refractivity contribution in [3.8, 4) is 0 Å². The van der Waals surface area contributed by atoms with Crippen LogP contribution in [-0.2, 0) is 13.1 Å². The van der Waals surface area contributed by atoms with E-state index < -0.39 is 0 Å². The molecule has 0 amide bonds. The fraction of sp³-hybridized carbons (Fsp3) is 0.357. The van der Waals surface area contributed by atoms with Crippen molar-refractivity contribution >= 4 is 11.6 Å². The van der Waals surface area contributed by atoms with Crippen LogP contribution in [0.1, 0.15) is 25.0 Å². The first-order valence-electron chi connectivity index (χ1n) is 6.23. The van der Waals surface area contributed by atoms with Crippen LogP contribution in [0.2, 0.25) is 5.02 Å². The molecule has 0 atom stereocenters. The molecule has 0 aliphatic rings. The molecule has 5 heteroatoms. The van der Waals surface area contributed by atoms with Gasteiger partial charge in [0.25, 0.3) is 0 Å². The second kappa shape index (κ2) is 6.17. The molecular weight excluding hydrogens is 265 g/mol. The minimum absolute atomic E-state index is 0.301. The van der Waals surface area contributed by atoms with Gasteiger partial charge in [-0.2, -0.15) is 5.10 Å². The number of halogens is 2. The summed E-state index contributed by atoms with van der Waals surface area (Å²) in [5.74, 6) is -0.301. The second-order valence-corrected chi connectivity index (χ2v) is 5.25. The highest BCUT2D eigenvalue weighted by molar-refractivity contribution is 6.30. The standard InChI is InChI=1S/C14H17ClFN3/c1-10(2)17-6-11-7-18-19(8-11)9-12-3-4-13(15)5-14(12)16/h3-5,7-8,10,17H,6,9H2,1-2H3. The zero-order valence-corrected chi connectivity index (χ0v) is 11.8. The molecule has 0 unspecified atom stereocenters. The number of rotatable bonds is 5. The van der Waals surface area contributed by atoms with Gasteiger partial charge in [-0.3, -0.25) is 4.68 Å². The first-order chi connectivity index (χ1) is 9.04. The van der Waals surface area contributed by atoms with Crippen LogP contribution in [0.25, 0.3) is 0 Å². The van der Waals surface area contributed by atoms with E-state index in [0.29, 0.717) is 23.2 Å². The van der Waals surface area contributed by atoms with Crippen LogP contribution in [0.3, 0.4) is 0 Å². The zero-order valence-electron chi connectivity index (χ0n) is 11.0. The highest BCUT2D eigenvalue weighted by Gasteiger charge is 2.05. The lowest BCUT2D eigenvalue weighted by molar-refractivity contribution is 0.581. The van der Waals surface area contributed by atoms with Gasteiger partial charge in [0.1, 0.15) is 5.82 Å². The predicted octanol–water partition coefficient (Wildman–Crippen LogP) is 3.22. The van der Waals surface area contributed by atoms with Crippen molar-refractivity contribution in [1.29, 1.82) is 0 Å². The Morgan fingerprint density at radius 3 is 2.89 bits per heavy atom. The van der Waals surface area contributed by atoms with Crippen molar-refractivity contribution in [1.82, 2.24) is 15.1 Å². The van der Waals surface area contributed by atoms with Crippen molar-refractivity contribution in [2.45, 2.75) is 33.0 Å². The van der Waals surface area contributed by atoms with Crippen molar-refractivity contribution in [3.05, 3.63) is 52.6 Å². The number of nitrogens with one attached hydrogen (secondary N) is 1. The van der Waals surface area contributed by atoms with Crippen molar-refractivity contribution in [3.63, 3.8) is 0 Å². The molecule has 0 radical (unpaired) electrons. The molecule has 0 bridgehead atoms. The van der Waals surface area contributed by atoms with Gasteiger partial charge in [-0.05, 0) is 12.1 Å². The number of nitrogens with zero attached hydrogens (tertiary/aromatic N) is 2. The molecule has 0 aliphatic heterocycles. The number of aromatic nitrogens is 2. The summed E-state index contributed by atoms with van der Waals surface area (Å²) in [5, 5.41) is 7.95. The summed E-state index contributed by atoms with van der Waals surface area (Å²) in [6.45, 7) is 5.35. The Bertz CT molecular complexity index is 551. The smallest absolute Gasteiger partial charge is 0.129 e. The molecule has 3 nitrogen and oxygen atoms in total. The Hall–Kier alpha value is -1.39. The van der Waals surface area contributed by atoms with Gasteiger partial charge in [0.05, 0.1) is 12.7 Å². The van der Waals surface area contributed by atoms with Gasteiger partial charge in [0, 0.05) is 34.9 Å². The average molecular weight is 282 g/mol. The van der Waals surface area contributed by atoms with E-state index in [2.05, 4.69) is 24.3 Å². The molecule has 0 saturated carbocycles. The minimum Gasteiger partial charge on any atom is -0.310 e. The lowest BCUT2D eigenvalue weighted by Gasteiger charge is -2.05. The Morgan fingerprint density at radius 2 is 2.21 bits per heavy atom. The van der Waals surface area contributed by atoms with E-state index in [-0.39, 0.29) is 5.82 Å². The number of hydrogen-bond acceptors (Lipinski definition) is 2.